The molecule has 0 aliphatic heterocycles. The van der Waals surface area contributed by atoms with Crippen molar-refractivity contribution in [1.82, 2.24) is 4.57 Å². The predicted molar refractivity (Wildman–Crippen MR) is 93.4 cm³/mol. The van der Waals surface area contributed by atoms with Crippen LogP contribution in [0.1, 0.15) is 11.7 Å². The second kappa shape index (κ2) is 6.99. The van der Waals surface area contributed by atoms with Crippen molar-refractivity contribution >= 4 is 22.5 Å². The van der Waals surface area contributed by atoms with Crippen LogP contribution in [-0.2, 0) is 11.3 Å². The Labute approximate surface area is 144 Å². The summed E-state index contributed by atoms with van der Waals surface area (Å²) in [5.41, 5.74) is 1.24. The van der Waals surface area contributed by atoms with E-state index in [0.717, 1.165) is 0 Å². The maximum atomic E-state index is 12.1. The molecule has 1 atom stereocenters. The minimum absolute atomic E-state index is 0.138. The number of azo groups is 1. The van der Waals surface area contributed by atoms with Crippen LogP contribution in [0.3, 0.4) is 0 Å². The monoisotopic (exact) mass is 333 g/mol. The van der Waals surface area contributed by atoms with E-state index in [0.29, 0.717) is 16.5 Å². The smallest absolute Gasteiger partial charge is 0.297 e. The Bertz CT molecular complexity index is 984. The number of hydrogen-bond acceptors (Lipinski definition) is 4. The van der Waals surface area contributed by atoms with Gasteiger partial charge in [0.05, 0.1) is 12.1 Å². The van der Waals surface area contributed by atoms with Crippen LogP contribution in [0.25, 0.3) is 10.9 Å². The van der Waals surface area contributed by atoms with Gasteiger partial charge in [0.25, 0.3) is 5.91 Å². The van der Waals surface area contributed by atoms with E-state index in [4.69, 9.17) is 6.42 Å². The van der Waals surface area contributed by atoms with Crippen molar-refractivity contribution < 1.29 is 15.0 Å². The van der Waals surface area contributed by atoms with Gasteiger partial charge in [-0.25, -0.2) is 0 Å². The van der Waals surface area contributed by atoms with Crippen LogP contribution in [0.4, 0.5) is 5.69 Å². The van der Waals surface area contributed by atoms with E-state index < -0.39 is 12.0 Å². The number of nitrogens with zero attached hydrogens (tertiary/aromatic N) is 3. The molecule has 1 amide bonds. The zero-order chi connectivity index (χ0) is 17.8. The van der Waals surface area contributed by atoms with Gasteiger partial charge in [0.2, 0.25) is 5.88 Å². The molecule has 1 heterocycles. The molecule has 6 nitrogen and oxygen atoms in total. The highest BCUT2D eigenvalue weighted by atomic mass is 16.3. The van der Waals surface area contributed by atoms with Crippen molar-refractivity contribution in [3.63, 3.8) is 0 Å². The van der Waals surface area contributed by atoms with E-state index in [1.807, 2.05) is 0 Å². The van der Waals surface area contributed by atoms with Gasteiger partial charge in [-0.15, -0.1) is 16.7 Å². The maximum Gasteiger partial charge on any atom is 0.297 e. The highest BCUT2D eigenvalue weighted by molar-refractivity contribution is 5.95. The van der Waals surface area contributed by atoms with Crippen molar-refractivity contribution in [2.75, 3.05) is 0 Å². The van der Waals surface area contributed by atoms with Gasteiger partial charge in [-0.3, -0.25) is 9.36 Å². The van der Waals surface area contributed by atoms with Crippen LogP contribution in [0.5, 0.6) is 5.88 Å². The number of carbonyl (C=O) groups excluding carboxylic acids is 1. The third-order valence-corrected chi connectivity index (χ3v) is 3.76. The molecular weight excluding hydrogens is 318 g/mol. The normalized spacial score (nSPS) is 12.3. The zero-order valence-corrected chi connectivity index (χ0v) is 13.2. The lowest BCUT2D eigenvalue weighted by atomic mass is 10.1. The lowest BCUT2D eigenvalue weighted by Crippen LogP contribution is -2.08. The van der Waals surface area contributed by atoms with Crippen LogP contribution in [0, 0.1) is 12.3 Å². The molecule has 124 valence electrons. The zero-order valence-electron chi connectivity index (χ0n) is 13.2. The van der Waals surface area contributed by atoms with Gasteiger partial charge < -0.3 is 10.2 Å². The molecule has 0 fully saturated rings. The number of aliphatic hydroxyl groups excluding tert-OH is 1. The molecule has 2 N–H and O–H groups in total. The van der Waals surface area contributed by atoms with Crippen LogP contribution in [0.2, 0.25) is 0 Å². The van der Waals surface area contributed by atoms with Gasteiger partial charge in [0.1, 0.15) is 0 Å². The molecule has 25 heavy (non-hydrogen) atoms. The number of hydrogen-bond donors (Lipinski definition) is 2. The first-order valence-corrected chi connectivity index (χ1v) is 7.55. The number of carbonyl (C=O) groups is 1. The number of para-hydroxylation sites is 1. The molecule has 3 rings (SSSR count). The molecule has 0 spiro atoms. The summed E-state index contributed by atoms with van der Waals surface area (Å²) in [7, 11) is 0. The van der Waals surface area contributed by atoms with Crippen molar-refractivity contribution in [3.05, 3.63) is 60.2 Å². The lowest BCUT2D eigenvalue weighted by molar-refractivity contribution is -0.126. The van der Waals surface area contributed by atoms with E-state index in [-0.39, 0.29) is 18.1 Å². The Morgan fingerprint density at radius 3 is 2.56 bits per heavy atom. The molecule has 0 bridgehead atoms. The molecular formula is C19H15N3O3. The first-order valence-electron chi connectivity index (χ1n) is 7.55. The second-order valence-electron chi connectivity index (χ2n) is 5.33. The molecule has 0 radical (unpaired) electrons. The van der Waals surface area contributed by atoms with E-state index >= 15 is 0 Å². The van der Waals surface area contributed by atoms with E-state index in [2.05, 4.69) is 16.1 Å². The SMILES string of the molecule is C#CCn1c(O)c(N=NC(=O)C(O)c2ccccc2)c2ccccc21. The van der Waals surface area contributed by atoms with Gasteiger partial charge in [0.15, 0.2) is 11.8 Å². The van der Waals surface area contributed by atoms with Gasteiger partial charge in [-0.05, 0) is 11.6 Å². The summed E-state index contributed by atoms with van der Waals surface area (Å²) in [6.45, 7) is 0.155. The Morgan fingerprint density at radius 1 is 1.16 bits per heavy atom. The van der Waals surface area contributed by atoms with Crippen molar-refractivity contribution in [1.29, 1.82) is 0 Å². The number of fused-ring (bicyclic) bond motifs is 1. The van der Waals surface area contributed by atoms with E-state index in [1.54, 1.807) is 54.6 Å². The minimum Gasteiger partial charge on any atom is -0.493 e. The Kier molecular flexibility index (Phi) is 4.59. The molecule has 1 unspecified atom stereocenters. The topological polar surface area (TPSA) is 87.2 Å². The fourth-order valence-corrected chi connectivity index (χ4v) is 2.55. The summed E-state index contributed by atoms with van der Waals surface area (Å²) in [6, 6.07) is 15.6. The molecule has 0 saturated carbocycles. The van der Waals surface area contributed by atoms with Crippen molar-refractivity contribution in [2.45, 2.75) is 12.6 Å². The number of aromatic nitrogens is 1. The summed E-state index contributed by atoms with van der Waals surface area (Å²) in [4.78, 5) is 12.1. The first kappa shape index (κ1) is 16.4. The fraction of sp³-hybridized carbons (Fsp3) is 0.105. The van der Waals surface area contributed by atoms with Gasteiger partial charge in [-0.2, -0.15) is 0 Å². The fourth-order valence-electron chi connectivity index (χ4n) is 2.55. The predicted octanol–water partition coefficient (Wildman–Crippen LogP) is 3.32. The number of aliphatic hydroxyl groups is 1. The molecule has 0 saturated heterocycles. The maximum absolute atomic E-state index is 12.1. The summed E-state index contributed by atoms with van der Waals surface area (Å²) < 4.78 is 1.50. The Hall–Kier alpha value is -3.43. The number of terminal acetylenes is 1. The van der Waals surface area contributed by atoms with Crippen LogP contribution >= 0.6 is 0 Å². The van der Waals surface area contributed by atoms with Crippen LogP contribution in [-0.4, -0.2) is 20.7 Å². The largest absolute Gasteiger partial charge is 0.493 e. The third-order valence-electron chi connectivity index (χ3n) is 3.76. The van der Waals surface area contributed by atoms with Gasteiger partial charge in [0, 0.05) is 5.39 Å². The molecule has 6 heteroatoms. The second-order valence-corrected chi connectivity index (χ2v) is 5.33. The van der Waals surface area contributed by atoms with E-state index in [9.17, 15) is 15.0 Å². The molecule has 1 aromatic heterocycles. The van der Waals surface area contributed by atoms with Gasteiger partial charge in [-0.1, -0.05) is 54.5 Å². The quantitative estimate of drug-likeness (QED) is 0.567. The number of aromatic hydroxyl groups is 1. The van der Waals surface area contributed by atoms with Gasteiger partial charge >= 0.3 is 0 Å². The summed E-state index contributed by atoms with van der Waals surface area (Å²) in [6.07, 6.45) is 3.92. The van der Waals surface area contributed by atoms with Crippen molar-refractivity contribution in [3.8, 4) is 18.2 Å². The van der Waals surface area contributed by atoms with Crippen LogP contribution < -0.4 is 0 Å². The summed E-state index contributed by atoms with van der Waals surface area (Å²) >= 11 is 0. The summed E-state index contributed by atoms with van der Waals surface area (Å²) in [5.74, 6) is 1.46. The number of benzene rings is 2. The average Bonchev–Trinajstić information content (AvgIpc) is 2.92. The molecule has 2 aromatic carbocycles. The van der Waals surface area contributed by atoms with E-state index in [1.165, 1.54) is 4.57 Å². The molecule has 0 aliphatic rings. The lowest BCUT2D eigenvalue weighted by Gasteiger charge is -2.04. The summed E-state index contributed by atoms with van der Waals surface area (Å²) in [5, 5.41) is 28.4. The first-order chi connectivity index (χ1) is 12.1. The standard InChI is InChI=1S/C19H15N3O3/c1-2-12-22-15-11-7-6-10-14(15)16(19(22)25)20-21-18(24)17(23)13-8-4-3-5-9-13/h1,3-11,17,23,25H,12H2. The minimum atomic E-state index is -1.41. The van der Waals surface area contributed by atoms with Crippen LogP contribution in [0.15, 0.2) is 64.8 Å². The number of amides is 1. The Balaban J connectivity index is 1.95. The Morgan fingerprint density at radius 2 is 1.84 bits per heavy atom. The highest BCUT2D eigenvalue weighted by Gasteiger charge is 2.19. The molecule has 0 aliphatic carbocycles. The highest BCUT2D eigenvalue weighted by Crippen LogP contribution is 2.38. The third kappa shape index (κ3) is 3.13. The van der Waals surface area contributed by atoms with Crippen molar-refractivity contribution in [2.24, 2.45) is 10.2 Å². The average molecular weight is 333 g/mol. The number of rotatable bonds is 4. The molecule has 3 aromatic rings.